The van der Waals surface area contributed by atoms with Crippen LogP contribution in [0.2, 0.25) is 5.02 Å². The zero-order valence-electron chi connectivity index (χ0n) is 19.9. The summed E-state index contributed by atoms with van der Waals surface area (Å²) in [6, 6.07) is 17.6. The van der Waals surface area contributed by atoms with Gasteiger partial charge in [-0.25, -0.2) is 4.98 Å². The second-order valence-electron chi connectivity index (χ2n) is 8.99. The molecule has 2 aromatic heterocycles. The summed E-state index contributed by atoms with van der Waals surface area (Å²) >= 11 is 6.14. The Labute approximate surface area is 210 Å². The van der Waals surface area contributed by atoms with E-state index < -0.39 is 0 Å². The van der Waals surface area contributed by atoms with Crippen molar-refractivity contribution in [2.45, 2.75) is 26.2 Å². The Morgan fingerprint density at radius 2 is 1.83 bits per heavy atom. The van der Waals surface area contributed by atoms with E-state index in [9.17, 15) is 4.79 Å². The van der Waals surface area contributed by atoms with Crippen molar-refractivity contribution in [1.82, 2.24) is 24.9 Å². The van der Waals surface area contributed by atoms with E-state index in [2.05, 4.69) is 31.2 Å². The zero-order valence-corrected chi connectivity index (χ0v) is 20.7. The SMILES string of the molecule is Cc1c(C(=O)CCCCN2CCN(c3cccc(Cl)c3)CC2)cccc1-n1nnc2cccnc21. The molecule has 0 bridgehead atoms. The van der Waals surface area contributed by atoms with Crippen molar-refractivity contribution in [1.29, 1.82) is 0 Å². The summed E-state index contributed by atoms with van der Waals surface area (Å²) < 4.78 is 1.71. The van der Waals surface area contributed by atoms with Crippen molar-refractivity contribution < 1.29 is 4.79 Å². The molecule has 0 amide bonds. The van der Waals surface area contributed by atoms with Crippen LogP contribution in [-0.4, -0.2) is 63.4 Å². The molecule has 1 aliphatic rings. The van der Waals surface area contributed by atoms with E-state index in [0.29, 0.717) is 12.1 Å². The molecule has 0 atom stereocenters. The van der Waals surface area contributed by atoms with Gasteiger partial charge in [0.15, 0.2) is 11.4 Å². The van der Waals surface area contributed by atoms with Gasteiger partial charge >= 0.3 is 0 Å². The van der Waals surface area contributed by atoms with Gasteiger partial charge in [-0.3, -0.25) is 9.69 Å². The monoisotopic (exact) mass is 488 g/mol. The molecule has 8 heteroatoms. The second kappa shape index (κ2) is 10.5. The van der Waals surface area contributed by atoms with Crippen LogP contribution >= 0.6 is 11.6 Å². The summed E-state index contributed by atoms with van der Waals surface area (Å²) in [5.41, 5.74) is 5.11. The third-order valence-corrected chi connectivity index (χ3v) is 6.95. The summed E-state index contributed by atoms with van der Waals surface area (Å²) in [5.74, 6) is 0.174. The Morgan fingerprint density at radius 1 is 1.00 bits per heavy atom. The number of rotatable bonds is 8. The molecular formula is C27H29ClN6O. The van der Waals surface area contributed by atoms with Crippen LogP contribution in [0.5, 0.6) is 0 Å². The van der Waals surface area contributed by atoms with Crippen LogP contribution in [-0.2, 0) is 0 Å². The van der Waals surface area contributed by atoms with Gasteiger partial charge in [-0.2, -0.15) is 4.68 Å². The fourth-order valence-corrected chi connectivity index (χ4v) is 4.92. The van der Waals surface area contributed by atoms with Gasteiger partial charge in [0.2, 0.25) is 0 Å². The topological polar surface area (TPSA) is 67.2 Å². The van der Waals surface area contributed by atoms with Crippen LogP contribution in [0.25, 0.3) is 16.9 Å². The molecule has 1 fully saturated rings. The number of ketones is 1. The third-order valence-electron chi connectivity index (χ3n) is 6.72. The van der Waals surface area contributed by atoms with Crippen LogP contribution in [0.4, 0.5) is 5.69 Å². The number of fused-ring (bicyclic) bond motifs is 1. The molecule has 0 spiro atoms. The standard InChI is InChI=1S/C27H29ClN6O/c1-20-23(9-5-11-25(20)34-27-24(30-31-34)10-6-13-29-27)26(35)12-2-3-14-32-15-17-33(18-16-32)22-8-4-7-21(28)19-22/h4-11,13,19H,2-3,12,14-18H2,1H3. The van der Waals surface area contributed by atoms with Crippen LogP contribution in [0.1, 0.15) is 35.2 Å². The van der Waals surface area contributed by atoms with Gasteiger partial charge in [-0.1, -0.05) is 35.0 Å². The van der Waals surface area contributed by atoms with Crippen molar-refractivity contribution in [3.63, 3.8) is 0 Å². The number of carbonyl (C=O) groups is 1. The van der Waals surface area contributed by atoms with E-state index in [1.165, 1.54) is 5.69 Å². The van der Waals surface area contributed by atoms with Gasteiger partial charge in [0.05, 0.1) is 5.69 Å². The third kappa shape index (κ3) is 5.21. The number of hydrogen-bond acceptors (Lipinski definition) is 6. The molecule has 0 unspecified atom stereocenters. The highest BCUT2D eigenvalue weighted by Crippen LogP contribution is 2.23. The maximum Gasteiger partial charge on any atom is 0.183 e. The lowest BCUT2D eigenvalue weighted by molar-refractivity contribution is 0.0977. The Morgan fingerprint density at radius 3 is 2.66 bits per heavy atom. The molecule has 1 aliphatic heterocycles. The number of anilines is 1. The van der Waals surface area contributed by atoms with Crippen LogP contribution < -0.4 is 4.90 Å². The molecule has 2 aromatic carbocycles. The van der Waals surface area contributed by atoms with Crippen molar-refractivity contribution in [3.05, 3.63) is 76.9 Å². The molecule has 1 saturated heterocycles. The number of pyridine rings is 1. The fraction of sp³-hybridized carbons (Fsp3) is 0.333. The average molecular weight is 489 g/mol. The summed E-state index contributed by atoms with van der Waals surface area (Å²) in [6.45, 7) is 7.04. The Hall–Kier alpha value is -3.29. The molecule has 0 saturated carbocycles. The van der Waals surface area contributed by atoms with Crippen LogP contribution in [0.15, 0.2) is 60.8 Å². The van der Waals surface area contributed by atoms with Gasteiger partial charge in [-0.15, -0.1) is 5.10 Å². The minimum atomic E-state index is 0.174. The summed E-state index contributed by atoms with van der Waals surface area (Å²) in [7, 11) is 0. The molecule has 0 radical (unpaired) electrons. The predicted molar refractivity (Wildman–Crippen MR) is 140 cm³/mol. The van der Waals surface area contributed by atoms with Crippen molar-refractivity contribution in [3.8, 4) is 5.69 Å². The first-order chi connectivity index (χ1) is 17.1. The lowest BCUT2D eigenvalue weighted by Crippen LogP contribution is -2.46. The van der Waals surface area contributed by atoms with Gasteiger partial charge in [0.1, 0.15) is 5.52 Å². The molecule has 4 aromatic rings. The molecular weight excluding hydrogens is 460 g/mol. The van der Waals surface area contributed by atoms with Gasteiger partial charge in [0, 0.05) is 55.1 Å². The Bertz CT molecular complexity index is 1330. The first-order valence-electron chi connectivity index (χ1n) is 12.1. The molecule has 0 N–H and O–H groups in total. The summed E-state index contributed by atoms with van der Waals surface area (Å²) in [5, 5.41) is 9.23. The van der Waals surface area contributed by atoms with E-state index in [1.807, 2.05) is 55.5 Å². The Balaban J connectivity index is 1.13. The number of benzene rings is 2. The molecule has 0 aliphatic carbocycles. The highest BCUT2D eigenvalue weighted by Gasteiger charge is 2.18. The molecule has 180 valence electrons. The normalized spacial score (nSPS) is 14.5. The zero-order chi connectivity index (χ0) is 24.2. The van der Waals surface area contributed by atoms with Gasteiger partial charge < -0.3 is 4.90 Å². The first kappa shape index (κ1) is 23.5. The minimum Gasteiger partial charge on any atom is -0.369 e. The fourth-order valence-electron chi connectivity index (χ4n) is 4.74. The number of hydrogen-bond donors (Lipinski definition) is 0. The molecule has 3 heterocycles. The largest absolute Gasteiger partial charge is 0.369 e. The van der Waals surface area contributed by atoms with E-state index in [4.69, 9.17) is 11.6 Å². The Kier molecular flexibility index (Phi) is 7.06. The highest BCUT2D eigenvalue weighted by molar-refractivity contribution is 6.30. The van der Waals surface area contributed by atoms with E-state index in [-0.39, 0.29) is 5.78 Å². The van der Waals surface area contributed by atoms with E-state index in [1.54, 1.807) is 10.9 Å². The van der Waals surface area contributed by atoms with Gasteiger partial charge in [0.25, 0.3) is 0 Å². The van der Waals surface area contributed by atoms with Crippen molar-refractivity contribution in [2.24, 2.45) is 0 Å². The van der Waals surface area contributed by atoms with Gasteiger partial charge in [-0.05, 0) is 68.3 Å². The maximum atomic E-state index is 13.0. The number of halogens is 1. The summed E-state index contributed by atoms with van der Waals surface area (Å²) in [4.78, 5) is 22.3. The first-order valence-corrected chi connectivity index (χ1v) is 12.5. The molecule has 35 heavy (non-hydrogen) atoms. The van der Waals surface area contributed by atoms with Crippen molar-refractivity contribution in [2.75, 3.05) is 37.6 Å². The second-order valence-corrected chi connectivity index (χ2v) is 9.42. The summed E-state index contributed by atoms with van der Waals surface area (Å²) in [6.07, 6.45) is 4.16. The van der Waals surface area contributed by atoms with Crippen LogP contribution in [0.3, 0.4) is 0 Å². The number of Topliss-reactive ketones (excluding diaryl/α,β-unsaturated/α-hetero) is 1. The number of aromatic nitrogens is 4. The smallest absolute Gasteiger partial charge is 0.183 e. The molecule has 5 rings (SSSR count). The number of nitrogens with zero attached hydrogens (tertiary/aromatic N) is 6. The average Bonchev–Trinajstić information content (AvgIpc) is 3.31. The van der Waals surface area contributed by atoms with Crippen LogP contribution in [0, 0.1) is 6.92 Å². The number of carbonyl (C=O) groups excluding carboxylic acids is 1. The number of piperazine rings is 1. The lowest BCUT2D eigenvalue weighted by Gasteiger charge is -2.36. The number of unbranched alkanes of at least 4 members (excludes halogenated alkanes) is 1. The van der Waals surface area contributed by atoms with E-state index >= 15 is 0 Å². The predicted octanol–water partition coefficient (Wildman–Crippen LogP) is 4.95. The lowest BCUT2D eigenvalue weighted by atomic mass is 9.99. The van der Waals surface area contributed by atoms with Crippen molar-refractivity contribution >= 4 is 34.2 Å². The maximum absolute atomic E-state index is 13.0. The van der Waals surface area contributed by atoms with E-state index in [0.717, 1.165) is 72.9 Å². The highest BCUT2D eigenvalue weighted by atomic mass is 35.5. The molecule has 7 nitrogen and oxygen atoms in total. The quantitative estimate of drug-likeness (QED) is 0.258. The minimum absolute atomic E-state index is 0.174.